The first kappa shape index (κ1) is 18.5. The Bertz CT molecular complexity index is 302. The zero-order valence-electron chi connectivity index (χ0n) is 14.8. The van der Waals surface area contributed by atoms with Gasteiger partial charge in [-0.1, -0.05) is 41.0 Å². The van der Waals surface area contributed by atoms with E-state index in [4.69, 9.17) is 0 Å². The zero-order valence-corrected chi connectivity index (χ0v) is 14.8. The quantitative estimate of drug-likeness (QED) is 0.741. The molecule has 1 aliphatic heterocycles. The standard InChI is InChI=1S/C18H36N2O/c1-6-7-16-11-17(19-9-8-14(2)3)13-20(12-16)18(21)10-15(4)5/h14-17,19H,6-13H2,1-5H3. The first-order chi connectivity index (χ1) is 9.92. The molecule has 3 heteroatoms. The van der Waals surface area contributed by atoms with Gasteiger partial charge >= 0.3 is 0 Å². The zero-order chi connectivity index (χ0) is 15.8. The lowest BCUT2D eigenvalue weighted by Gasteiger charge is -2.39. The maximum Gasteiger partial charge on any atom is 0.222 e. The number of carbonyl (C=O) groups is 1. The molecule has 1 amide bonds. The summed E-state index contributed by atoms with van der Waals surface area (Å²) in [5, 5.41) is 3.69. The minimum Gasteiger partial charge on any atom is -0.341 e. The van der Waals surface area contributed by atoms with Crippen molar-refractivity contribution < 1.29 is 4.79 Å². The van der Waals surface area contributed by atoms with Gasteiger partial charge in [0.25, 0.3) is 0 Å². The van der Waals surface area contributed by atoms with Crippen LogP contribution < -0.4 is 5.32 Å². The van der Waals surface area contributed by atoms with Crippen LogP contribution in [0, 0.1) is 17.8 Å². The van der Waals surface area contributed by atoms with Crippen molar-refractivity contribution in [3.8, 4) is 0 Å². The van der Waals surface area contributed by atoms with Gasteiger partial charge in [-0.05, 0) is 43.6 Å². The number of hydrogen-bond acceptors (Lipinski definition) is 2. The molecule has 124 valence electrons. The fourth-order valence-electron chi connectivity index (χ4n) is 3.23. The monoisotopic (exact) mass is 296 g/mol. The van der Waals surface area contributed by atoms with Crippen molar-refractivity contribution in [1.82, 2.24) is 10.2 Å². The molecule has 21 heavy (non-hydrogen) atoms. The summed E-state index contributed by atoms with van der Waals surface area (Å²) in [4.78, 5) is 14.5. The summed E-state index contributed by atoms with van der Waals surface area (Å²) in [7, 11) is 0. The Kier molecular flexibility index (Phi) is 8.31. The number of nitrogens with one attached hydrogen (secondary N) is 1. The molecule has 0 aromatic heterocycles. The predicted octanol–water partition coefficient (Wildman–Crippen LogP) is 3.69. The van der Waals surface area contributed by atoms with Gasteiger partial charge in [-0.25, -0.2) is 0 Å². The van der Waals surface area contributed by atoms with Crippen LogP contribution in [0.5, 0.6) is 0 Å². The highest BCUT2D eigenvalue weighted by atomic mass is 16.2. The molecule has 0 saturated carbocycles. The molecule has 0 spiro atoms. The van der Waals surface area contributed by atoms with Crippen LogP contribution in [0.3, 0.4) is 0 Å². The Labute approximate surface area is 131 Å². The highest BCUT2D eigenvalue weighted by Crippen LogP contribution is 2.22. The Balaban J connectivity index is 2.53. The summed E-state index contributed by atoms with van der Waals surface area (Å²) in [6, 6.07) is 0.491. The Hall–Kier alpha value is -0.570. The van der Waals surface area contributed by atoms with E-state index in [1.54, 1.807) is 0 Å². The third-order valence-electron chi connectivity index (χ3n) is 4.32. The molecule has 0 aliphatic carbocycles. The van der Waals surface area contributed by atoms with Crippen LogP contribution in [0.4, 0.5) is 0 Å². The SMILES string of the molecule is CCCC1CC(NCCC(C)C)CN(C(=O)CC(C)C)C1. The normalized spacial score (nSPS) is 23.1. The van der Waals surface area contributed by atoms with Crippen molar-refractivity contribution >= 4 is 5.91 Å². The van der Waals surface area contributed by atoms with Crippen molar-refractivity contribution in [2.24, 2.45) is 17.8 Å². The van der Waals surface area contributed by atoms with Crippen molar-refractivity contribution in [2.45, 2.75) is 72.8 Å². The fraction of sp³-hybridized carbons (Fsp3) is 0.944. The van der Waals surface area contributed by atoms with Crippen LogP contribution in [0.25, 0.3) is 0 Å². The average Bonchev–Trinajstić information content (AvgIpc) is 2.37. The molecule has 3 nitrogen and oxygen atoms in total. The molecule has 2 atom stereocenters. The summed E-state index contributed by atoms with van der Waals surface area (Å²) < 4.78 is 0. The number of piperidine rings is 1. The molecule has 0 radical (unpaired) electrons. The van der Waals surface area contributed by atoms with Crippen LogP contribution in [0.1, 0.15) is 66.7 Å². The Morgan fingerprint density at radius 3 is 2.48 bits per heavy atom. The first-order valence-corrected chi connectivity index (χ1v) is 8.93. The lowest BCUT2D eigenvalue weighted by atomic mass is 9.90. The molecular formula is C18H36N2O. The molecule has 1 heterocycles. The molecule has 1 rings (SSSR count). The molecular weight excluding hydrogens is 260 g/mol. The summed E-state index contributed by atoms with van der Waals surface area (Å²) in [5.41, 5.74) is 0. The van der Waals surface area contributed by atoms with Gasteiger partial charge in [0.1, 0.15) is 0 Å². The van der Waals surface area contributed by atoms with Crippen LogP contribution in [-0.2, 0) is 4.79 Å². The van der Waals surface area contributed by atoms with E-state index in [0.29, 0.717) is 30.2 Å². The van der Waals surface area contributed by atoms with Gasteiger partial charge < -0.3 is 10.2 Å². The lowest BCUT2D eigenvalue weighted by molar-refractivity contribution is -0.134. The van der Waals surface area contributed by atoms with Crippen LogP contribution in [-0.4, -0.2) is 36.5 Å². The topological polar surface area (TPSA) is 32.3 Å². The fourth-order valence-corrected chi connectivity index (χ4v) is 3.23. The number of likely N-dealkylation sites (tertiary alicyclic amines) is 1. The predicted molar refractivity (Wildman–Crippen MR) is 90.3 cm³/mol. The highest BCUT2D eigenvalue weighted by Gasteiger charge is 2.29. The number of nitrogens with zero attached hydrogens (tertiary/aromatic N) is 1. The Morgan fingerprint density at radius 1 is 1.19 bits per heavy atom. The highest BCUT2D eigenvalue weighted by molar-refractivity contribution is 5.76. The van der Waals surface area contributed by atoms with E-state index < -0.39 is 0 Å². The van der Waals surface area contributed by atoms with Gasteiger partial charge in [0.05, 0.1) is 0 Å². The van der Waals surface area contributed by atoms with Crippen LogP contribution in [0.15, 0.2) is 0 Å². The van der Waals surface area contributed by atoms with Crippen LogP contribution >= 0.6 is 0 Å². The smallest absolute Gasteiger partial charge is 0.222 e. The maximum absolute atomic E-state index is 12.4. The van der Waals surface area contributed by atoms with E-state index in [1.165, 1.54) is 25.7 Å². The molecule has 2 unspecified atom stereocenters. The molecule has 0 aromatic rings. The van der Waals surface area contributed by atoms with E-state index in [0.717, 1.165) is 25.6 Å². The van der Waals surface area contributed by atoms with Crippen molar-refractivity contribution in [1.29, 1.82) is 0 Å². The summed E-state index contributed by atoms with van der Waals surface area (Å²) in [6.45, 7) is 14.0. The number of rotatable bonds is 8. The Morgan fingerprint density at radius 2 is 1.90 bits per heavy atom. The average molecular weight is 296 g/mol. The molecule has 1 aliphatic rings. The van der Waals surface area contributed by atoms with E-state index in [9.17, 15) is 4.79 Å². The summed E-state index contributed by atoms with van der Waals surface area (Å²) in [6.07, 6.45) is 5.60. The largest absolute Gasteiger partial charge is 0.341 e. The summed E-state index contributed by atoms with van der Waals surface area (Å²) in [5.74, 6) is 2.22. The second kappa shape index (κ2) is 9.45. The van der Waals surface area contributed by atoms with Gasteiger partial charge in [0.2, 0.25) is 5.91 Å². The first-order valence-electron chi connectivity index (χ1n) is 8.93. The van der Waals surface area contributed by atoms with Crippen LogP contribution in [0.2, 0.25) is 0 Å². The molecule has 1 fully saturated rings. The van der Waals surface area contributed by atoms with Crippen molar-refractivity contribution in [2.75, 3.05) is 19.6 Å². The van der Waals surface area contributed by atoms with Gasteiger partial charge in [0, 0.05) is 25.6 Å². The maximum atomic E-state index is 12.4. The summed E-state index contributed by atoms with van der Waals surface area (Å²) >= 11 is 0. The van der Waals surface area contributed by atoms with Gasteiger partial charge in [-0.15, -0.1) is 0 Å². The lowest BCUT2D eigenvalue weighted by Crippen LogP contribution is -2.51. The second-order valence-corrected chi connectivity index (χ2v) is 7.62. The molecule has 1 N–H and O–H groups in total. The van der Waals surface area contributed by atoms with E-state index in [2.05, 4.69) is 44.8 Å². The third-order valence-corrected chi connectivity index (χ3v) is 4.32. The van der Waals surface area contributed by atoms with E-state index in [-0.39, 0.29) is 0 Å². The van der Waals surface area contributed by atoms with Gasteiger partial charge in [-0.2, -0.15) is 0 Å². The third kappa shape index (κ3) is 7.30. The molecule has 1 saturated heterocycles. The second-order valence-electron chi connectivity index (χ2n) is 7.62. The molecule has 0 aromatic carbocycles. The number of carbonyl (C=O) groups excluding carboxylic acids is 1. The minimum absolute atomic E-state index is 0.349. The van der Waals surface area contributed by atoms with Gasteiger partial charge in [-0.3, -0.25) is 4.79 Å². The van der Waals surface area contributed by atoms with Crippen molar-refractivity contribution in [3.05, 3.63) is 0 Å². The molecule has 0 bridgehead atoms. The van der Waals surface area contributed by atoms with E-state index >= 15 is 0 Å². The minimum atomic E-state index is 0.349. The van der Waals surface area contributed by atoms with E-state index in [1.807, 2.05) is 0 Å². The van der Waals surface area contributed by atoms with Crippen molar-refractivity contribution in [3.63, 3.8) is 0 Å². The van der Waals surface area contributed by atoms with Gasteiger partial charge in [0.15, 0.2) is 0 Å². The number of hydrogen-bond donors (Lipinski definition) is 1. The number of amides is 1.